The van der Waals surface area contributed by atoms with Crippen LogP contribution in [-0.2, 0) is 11.2 Å². The van der Waals surface area contributed by atoms with Crippen LogP contribution < -0.4 is 5.56 Å². The third-order valence-corrected chi connectivity index (χ3v) is 3.75. The molecule has 0 radical (unpaired) electrons. The van der Waals surface area contributed by atoms with Crippen LogP contribution in [0.2, 0.25) is 0 Å². The standard InChI is InChI=1S/C18H14N4O3/c1-11-17(13-4-6-14(19-2)7-5-13)18(25)22(21-11)15-8-3-12(10-20-15)9-16(23)24/h3-8,10,21H,9H2,1H3,(H,23,24). The molecule has 3 rings (SSSR count). The molecule has 2 aromatic heterocycles. The van der Waals surface area contributed by atoms with Gasteiger partial charge in [0.25, 0.3) is 5.56 Å². The van der Waals surface area contributed by atoms with Gasteiger partial charge in [-0.05, 0) is 24.1 Å². The van der Waals surface area contributed by atoms with Gasteiger partial charge in [0.1, 0.15) is 0 Å². The maximum absolute atomic E-state index is 12.7. The van der Waals surface area contributed by atoms with Gasteiger partial charge in [-0.3, -0.25) is 14.7 Å². The molecule has 25 heavy (non-hydrogen) atoms. The minimum absolute atomic E-state index is 0.120. The molecule has 2 N–H and O–H groups in total. The average Bonchev–Trinajstić information content (AvgIpc) is 2.90. The number of pyridine rings is 1. The molecule has 0 aliphatic heterocycles. The fraction of sp³-hybridized carbons (Fsp3) is 0.111. The maximum Gasteiger partial charge on any atom is 0.307 e. The second kappa shape index (κ2) is 6.45. The Labute approximate surface area is 143 Å². The smallest absolute Gasteiger partial charge is 0.307 e. The molecule has 7 nitrogen and oxygen atoms in total. The molecule has 124 valence electrons. The van der Waals surface area contributed by atoms with E-state index < -0.39 is 5.97 Å². The van der Waals surface area contributed by atoms with Gasteiger partial charge in [-0.15, -0.1) is 0 Å². The number of nitrogens with zero attached hydrogens (tertiary/aromatic N) is 3. The predicted octanol–water partition coefficient (Wildman–Crippen LogP) is 2.71. The number of hydrogen-bond acceptors (Lipinski definition) is 3. The van der Waals surface area contributed by atoms with Crippen molar-refractivity contribution in [3.05, 3.63) is 75.6 Å². The maximum atomic E-state index is 12.7. The van der Waals surface area contributed by atoms with Crippen LogP contribution >= 0.6 is 0 Å². The van der Waals surface area contributed by atoms with Crippen LogP contribution in [0.25, 0.3) is 21.8 Å². The van der Waals surface area contributed by atoms with E-state index in [2.05, 4.69) is 14.9 Å². The molecule has 3 aromatic rings. The summed E-state index contributed by atoms with van der Waals surface area (Å²) in [5.74, 6) is -0.557. The lowest BCUT2D eigenvalue weighted by molar-refractivity contribution is -0.136. The summed E-state index contributed by atoms with van der Waals surface area (Å²) in [5, 5.41) is 11.8. The van der Waals surface area contributed by atoms with Gasteiger partial charge < -0.3 is 5.11 Å². The first-order valence-electron chi connectivity index (χ1n) is 7.46. The van der Waals surface area contributed by atoms with Gasteiger partial charge >= 0.3 is 5.97 Å². The zero-order valence-corrected chi connectivity index (χ0v) is 13.4. The minimum Gasteiger partial charge on any atom is -0.481 e. The van der Waals surface area contributed by atoms with Crippen LogP contribution in [0.5, 0.6) is 0 Å². The van der Waals surface area contributed by atoms with Crippen LogP contribution in [-0.4, -0.2) is 25.8 Å². The van der Waals surface area contributed by atoms with E-state index in [-0.39, 0.29) is 12.0 Å². The summed E-state index contributed by atoms with van der Waals surface area (Å²) in [6.07, 6.45) is 1.32. The zero-order chi connectivity index (χ0) is 18.0. The summed E-state index contributed by atoms with van der Waals surface area (Å²) < 4.78 is 1.32. The van der Waals surface area contributed by atoms with Gasteiger partial charge in [0.15, 0.2) is 11.5 Å². The number of aromatic nitrogens is 3. The van der Waals surface area contributed by atoms with Crippen LogP contribution in [0, 0.1) is 13.5 Å². The molecule has 0 unspecified atom stereocenters. The van der Waals surface area contributed by atoms with Gasteiger partial charge in [0.2, 0.25) is 0 Å². The number of aromatic amines is 1. The monoisotopic (exact) mass is 334 g/mol. The van der Waals surface area contributed by atoms with Crippen molar-refractivity contribution >= 4 is 11.7 Å². The largest absolute Gasteiger partial charge is 0.481 e. The second-order valence-corrected chi connectivity index (χ2v) is 5.51. The van der Waals surface area contributed by atoms with Crippen molar-refractivity contribution in [3.63, 3.8) is 0 Å². The second-order valence-electron chi connectivity index (χ2n) is 5.51. The molecule has 0 aliphatic rings. The van der Waals surface area contributed by atoms with Crippen LogP contribution in [0.4, 0.5) is 5.69 Å². The van der Waals surface area contributed by atoms with E-state index in [1.165, 1.54) is 10.9 Å². The number of nitrogens with one attached hydrogen (secondary N) is 1. The van der Waals surface area contributed by atoms with Crippen molar-refractivity contribution in [2.24, 2.45) is 0 Å². The normalized spacial score (nSPS) is 10.4. The van der Waals surface area contributed by atoms with E-state index in [0.717, 1.165) is 0 Å². The van der Waals surface area contributed by atoms with Gasteiger partial charge in [-0.1, -0.05) is 30.3 Å². The number of benzene rings is 1. The Balaban J connectivity index is 2.00. The Bertz CT molecular complexity index is 1020. The third kappa shape index (κ3) is 3.19. The summed E-state index contributed by atoms with van der Waals surface area (Å²) in [6, 6.07) is 10.0. The van der Waals surface area contributed by atoms with Gasteiger partial charge in [-0.2, -0.15) is 0 Å². The van der Waals surface area contributed by atoms with Crippen molar-refractivity contribution in [2.75, 3.05) is 0 Å². The molecule has 0 saturated heterocycles. The molecule has 0 aliphatic carbocycles. The Hall–Kier alpha value is -3.66. The number of rotatable bonds is 4. The zero-order valence-electron chi connectivity index (χ0n) is 13.4. The third-order valence-electron chi connectivity index (χ3n) is 3.75. The quantitative estimate of drug-likeness (QED) is 0.718. The van der Waals surface area contributed by atoms with E-state index in [0.29, 0.717) is 33.9 Å². The van der Waals surface area contributed by atoms with E-state index in [4.69, 9.17) is 11.7 Å². The van der Waals surface area contributed by atoms with Crippen molar-refractivity contribution < 1.29 is 9.90 Å². The van der Waals surface area contributed by atoms with Crippen LogP contribution in [0.1, 0.15) is 11.3 Å². The minimum atomic E-state index is -0.937. The number of carbonyl (C=O) groups is 1. The summed E-state index contributed by atoms with van der Waals surface area (Å²) in [7, 11) is 0. The van der Waals surface area contributed by atoms with Crippen molar-refractivity contribution in [1.29, 1.82) is 0 Å². The highest BCUT2D eigenvalue weighted by Gasteiger charge is 2.15. The lowest BCUT2D eigenvalue weighted by Crippen LogP contribution is -2.17. The molecule has 0 amide bonds. The summed E-state index contributed by atoms with van der Waals surface area (Å²) >= 11 is 0. The lowest BCUT2D eigenvalue weighted by atomic mass is 10.1. The summed E-state index contributed by atoms with van der Waals surface area (Å²) in [6.45, 7) is 8.77. The van der Waals surface area contributed by atoms with Crippen LogP contribution in [0.3, 0.4) is 0 Å². The lowest BCUT2D eigenvalue weighted by Gasteiger charge is -2.02. The molecule has 0 fully saturated rings. The summed E-state index contributed by atoms with van der Waals surface area (Å²) in [5.41, 5.74) is 2.71. The van der Waals surface area contributed by atoms with Crippen molar-refractivity contribution in [3.8, 4) is 16.9 Å². The van der Waals surface area contributed by atoms with Crippen molar-refractivity contribution in [2.45, 2.75) is 13.3 Å². The van der Waals surface area contributed by atoms with Gasteiger partial charge in [0.05, 0.1) is 18.6 Å². The Kier molecular flexibility index (Phi) is 4.18. The van der Waals surface area contributed by atoms with Crippen LogP contribution in [0.15, 0.2) is 47.4 Å². The number of carboxylic acids is 1. The highest BCUT2D eigenvalue weighted by atomic mass is 16.4. The van der Waals surface area contributed by atoms with Gasteiger partial charge in [-0.25, -0.2) is 14.5 Å². The molecule has 7 heteroatoms. The Morgan fingerprint density at radius 2 is 2.00 bits per heavy atom. The average molecular weight is 334 g/mol. The molecule has 0 spiro atoms. The number of aryl methyl sites for hydroxylation is 1. The van der Waals surface area contributed by atoms with E-state index in [9.17, 15) is 9.59 Å². The Morgan fingerprint density at radius 3 is 2.56 bits per heavy atom. The molecule has 0 saturated carbocycles. The van der Waals surface area contributed by atoms with E-state index >= 15 is 0 Å². The van der Waals surface area contributed by atoms with E-state index in [1.807, 2.05) is 0 Å². The first-order chi connectivity index (χ1) is 12.0. The fourth-order valence-corrected chi connectivity index (χ4v) is 2.58. The highest BCUT2D eigenvalue weighted by Crippen LogP contribution is 2.22. The van der Waals surface area contributed by atoms with Crippen molar-refractivity contribution in [1.82, 2.24) is 14.8 Å². The Morgan fingerprint density at radius 1 is 1.28 bits per heavy atom. The summed E-state index contributed by atoms with van der Waals surface area (Å²) in [4.78, 5) is 31.0. The van der Waals surface area contributed by atoms with Gasteiger partial charge in [0, 0.05) is 11.9 Å². The highest BCUT2D eigenvalue weighted by molar-refractivity contribution is 5.70. The van der Waals surface area contributed by atoms with E-state index in [1.54, 1.807) is 43.3 Å². The topological polar surface area (TPSA) is 92.3 Å². The molecular formula is C18H14N4O3. The number of aliphatic carboxylic acids is 1. The number of H-pyrrole nitrogens is 1. The predicted molar refractivity (Wildman–Crippen MR) is 92.0 cm³/mol. The number of carboxylic acid groups (broad SMARTS) is 1. The number of hydrogen-bond donors (Lipinski definition) is 2. The molecular weight excluding hydrogens is 320 g/mol. The molecule has 0 atom stereocenters. The SMILES string of the molecule is [C-]#[N+]c1ccc(-c2c(C)[nH]n(-c3ccc(CC(=O)O)cn3)c2=O)cc1. The first kappa shape index (κ1) is 16.2. The molecule has 0 bridgehead atoms. The molecule has 2 heterocycles. The first-order valence-corrected chi connectivity index (χ1v) is 7.46. The fourth-order valence-electron chi connectivity index (χ4n) is 2.58. The molecule has 1 aromatic carbocycles.